The van der Waals surface area contributed by atoms with Crippen LogP contribution in [-0.4, -0.2) is 43.0 Å². The highest BCUT2D eigenvalue weighted by Gasteiger charge is 2.25. The number of nitrogens with two attached hydrogens (primary N) is 1. The number of anilines is 1. The van der Waals surface area contributed by atoms with Gasteiger partial charge in [0.15, 0.2) is 5.96 Å². The minimum Gasteiger partial charge on any atom is -0.369 e. The number of halogens is 1. The van der Waals surface area contributed by atoms with Gasteiger partial charge in [-0.05, 0) is 32.3 Å². The van der Waals surface area contributed by atoms with Gasteiger partial charge in [-0.3, -0.25) is 9.79 Å². The van der Waals surface area contributed by atoms with Gasteiger partial charge in [-0.1, -0.05) is 38.7 Å². The van der Waals surface area contributed by atoms with E-state index in [1.807, 2.05) is 12.3 Å². The molecule has 30 heavy (non-hydrogen) atoms. The van der Waals surface area contributed by atoms with Crippen LogP contribution in [0.25, 0.3) is 0 Å². The molecule has 2 rings (SSSR count). The molecule has 8 heteroatoms. The summed E-state index contributed by atoms with van der Waals surface area (Å²) >= 11 is 0. The average Bonchev–Trinajstić information content (AvgIpc) is 2.74. The predicted molar refractivity (Wildman–Crippen MR) is 135 cm³/mol. The standard InChI is InChI=1S/C22H38N6O.HI/c1-4-5-6-7-9-17(2)27-22(24-3)26-16-19-10-8-13-25-21(19)28-14-11-18(12-15-28)20(23)29;/h8,10,13,17-18H,4-7,9,11-12,14-16H2,1-3H3,(H2,23,29)(H2,24,26,27);1H. The highest BCUT2D eigenvalue weighted by molar-refractivity contribution is 14.0. The number of pyridine rings is 1. The Morgan fingerprint density at radius 3 is 2.70 bits per heavy atom. The van der Waals surface area contributed by atoms with Crippen LogP contribution in [0, 0.1) is 5.92 Å². The number of carbonyl (C=O) groups excluding carboxylic acids is 1. The lowest BCUT2D eigenvalue weighted by Gasteiger charge is -2.32. The van der Waals surface area contributed by atoms with Crippen LogP contribution < -0.4 is 21.3 Å². The average molecular weight is 530 g/mol. The Kier molecular flexibility index (Phi) is 12.7. The van der Waals surface area contributed by atoms with E-state index in [4.69, 9.17) is 5.73 Å². The van der Waals surface area contributed by atoms with E-state index in [1.165, 1.54) is 25.7 Å². The van der Waals surface area contributed by atoms with Gasteiger partial charge >= 0.3 is 0 Å². The molecular weight excluding hydrogens is 491 g/mol. The number of hydrogen-bond donors (Lipinski definition) is 3. The number of nitrogens with zero attached hydrogens (tertiary/aromatic N) is 3. The van der Waals surface area contributed by atoms with Crippen LogP contribution in [0.3, 0.4) is 0 Å². The topological polar surface area (TPSA) is 95.6 Å². The molecular formula is C22H39IN6O. The van der Waals surface area contributed by atoms with E-state index in [-0.39, 0.29) is 35.8 Å². The molecule has 0 radical (unpaired) electrons. The fourth-order valence-corrected chi connectivity index (χ4v) is 3.79. The molecule has 1 unspecified atom stereocenters. The van der Waals surface area contributed by atoms with E-state index in [1.54, 1.807) is 7.05 Å². The molecule has 0 aromatic carbocycles. The molecule has 0 saturated carbocycles. The summed E-state index contributed by atoms with van der Waals surface area (Å²) in [6, 6.07) is 4.44. The van der Waals surface area contributed by atoms with Gasteiger partial charge < -0.3 is 21.3 Å². The number of unbranched alkanes of at least 4 members (excludes halogenated alkanes) is 3. The zero-order valence-electron chi connectivity index (χ0n) is 18.7. The second kappa shape index (κ2) is 14.4. The van der Waals surface area contributed by atoms with E-state index < -0.39 is 0 Å². The number of nitrogens with one attached hydrogen (secondary N) is 2. The molecule has 7 nitrogen and oxygen atoms in total. The highest BCUT2D eigenvalue weighted by atomic mass is 127. The summed E-state index contributed by atoms with van der Waals surface area (Å²) in [5.41, 5.74) is 6.59. The summed E-state index contributed by atoms with van der Waals surface area (Å²) in [6.07, 6.45) is 9.65. The van der Waals surface area contributed by atoms with E-state index in [2.05, 4.69) is 45.4 Å². The van der Waals surface area contributed by atoms with Crippen LogP contribution >= 0.6 is 24.0 Å². The lowest BCUT2D eigenvalue weighted by atomic mass is 9.96. The Morgan fingerprint density at radius 2 is 2.07 bits per heavy atom. The number of aromatic nitrogens is 1. The van der Waals surface area contributed by atoms with Crippen molar-refractivity contribution in [2.24, 2.45) is 16.6 Å². The van der Waals surface area contributed by atoms with E-state index >= 15 is 0 Å². The van der Waals surface area contributed by atoms with Gasteiger partial charge in [0, 0.05) is 50.4 Å². The molecule has 1 aromatic heterocycles. The Labute approximate surface area is 198 Å². The van der Waals surface area contributed by atoms with Crippen LogP contribution in [0.15, 0.2) is 23.3 Å². The fraction of sp³-hybridized carbons (Fsp3) is 0.682. The number of hydrogen-bond acceptors (Lipinski definition) is 4. The van der Waals surface area contributed by atoms with Gasteiger partial charge in [0.2, 0.25) is 5.91 Å². The van der Waals surface area contributed by atoms with E-state index in [0.717, 1.165) is 49.7 Å². The Hall–Kier alpha value is -1.58. The largest absolute Gasteiger partial charge is 0.369 e. The van der Waals surface area contributed by atoms with E-state index in [9.17, 15) is 4.79 Å². The number of piperidine rings is 1. The maximum Gasteiger partial charge on any atom is 0.220 e. The van der Waals surface area contributed by atoms with Crippen molar-refractivity contribution >= 4 is 41.7 Å². The smallest absolute Gasteiger partial charge is 0.220 e. The van der Waals surface area contributed by atoms with Gasteiger partial charge in [-0.25, -0.2) is 4.98 Å². The quantitative estimate of drug-likeness (QED) is 0.187. The molecule has 1 saturated heterocycles. The van der Waals surface area contributed by atoms with Gasteiger partial charge in [-0.2, -0.15) is 0 Å². The SMILES string of the molecule is CCCCCCC(C)NC(=NC)NCc1cccnc1N1CCC(C(N)=O)CC1.I. The fourth-order valence-electron chi connectivity index (χ4n) is 3.79. The first-order chi connectivity index (χ1) is 14.0. The molecule has 170 valence electrons. The second-order valence-electron chi connectivity index (χ2n) is 7.97. The molecule has 0 bridgehead atoms. The van der Waals surface area contributed by atoms with Crippen molar-refractivity contribution in [2.45, 2.75) is 71.4 Å². The predicted octanol–water partition coefficient (Wildman–Crippen LogP) is 3.43. The summed E-state index contributed by atoms with van der Waals surface area (Å²) in [5, 5.41) is 6.91. The number of amides is 1. The third-order valence-electron chi connectivity index (χ3n) is 5.61. The van der Waals surface area contributed by atoms with Crippen molar-refractivity contribution < 1.29 is 4.79 Å². The van der Waals surface area contributed by atoms with Gasteiger partial charge in [0.25, 0.3) is 0 Å². The molecule has 1 aliphatic rings. The number of carbonyl (C=O) groups is 1. The Morgan fingerprint density at radius 1 is 1.33 bits per heavy atom. The maximum absolute atomic E-state index is 11.4. The summed E-state index contributed by atoms with van der Waals surface area (Å²) < 4.78 is 0. The molecule has 2 heterocycles. The first-order valence-corrected chi connectivity index (χ1v) is 11.0. The minimum absolute atomic E-state index is 0. The van der Waals surface area contributed by atoms with Gasteiger partial charge in [-0.15, -0.1) is 24.0 Å². The van der Waals surface area contributed by atoms with Crippen molar-refractivity contribution in [1.82, 2.24) is 15.6 Å². The van der Waals surface area contributed by atoms with Crippen molar-refractivity contribution in [3.8, 4) is 0 Å². The molecule has 1 aliphatic heterocycles. The molecule has 1 amide bonds. The Balaban J connectivity index is 0.00000450. The van der Waals surface area contributed by atoms with Crippen LogP contribution in [0.2, 0.25) is 0 Å². The highest BCUT2D eigenvalue weighted by Crippen LogP contribution is 2.24. The van der Waals surface area contributed by atoms with Crippen molar-refractivity contribution in [1.29, 1.82) is 0 Å². The normalized spacial score (nSPS) is 16.0. The molecule has 1 fully saturated rings. The van der Waals surface area contributed by atoms with Crippen molar-refractivity contribution in [2.75, 3.05) is 25.0 Å². The van der Waals surface area contributed by atoms with Crippen LogP contribution in [0.1, 0.15) is 64.4 Å². The third kappa shape index (κ3) is 8.65. The molecule has 4 N–H and O–H groups in total. The van der Waals surface area contributed by atoms with Crippen LogP contribution in [-0.2, 0) is 11.3 Å². The monoisotopic (exact) mass is 530 g/mol. The first kappa shape index (κ1) is 26.5. The molecule has 0 aliphatic carbocycles. The zero-order chi connectivity index (χ0) is 21.1. The molecule has 1 atom stereocenters. The molecule has 1 aromatic rings. The van der Waals surface area contributed by atoms with Gasteiger partial charge in [0.1, 0.15) is 5.82 Å². The second-order valence-corrected chi connectivity index (χ2v) is 7.97. The number of aliphatic imine (C=N–C) groups is 1. The zero-order valence-corrected chi connectivity index (χ0v) is 21.0. The van der Waals surface area contributed by atoms with Crippen molar-refractivity contribution in [3.63, 3.8) is 0 Å². The number of rotatable bonds is 10. The third-order valence-corrected chi connectivity index (χ3v) is 5.61. The first-order valence-electron chi connectivity index (χ1n) is 11.0. The number of guanidine groups is 1. The van der Waals surface area contributed by atoms with Crippen LogP contribution in [0.5, 0.6) is 0 Å². The van der Waals surface area contributed by atoms with Crippen molar-refractivity contribution in [3.05, 3.63) is 23.9 Å². The summed E-state index contributed by atoms with van der Waals surface area (Å²) in [6.45, 7) is 6.71. The van der Waals surface area contributed by atoms with Gasteiger partial charge in [0.05, 0.1) is 0 Å². The minimum atomic E-state index is -0.189. The van der Waals surface area contributed by atoms with E-state index in [0.29, 0.717) is 12.6 Å². The maximum atomic E-state index is 11.4. The lowest BCUT2D eigenvalue weighted by molar-refractivity contribution is -0.122. The Bertz CT molecular complexity index is 661. The van der Waals surface area contributed by atoms with Crippen LogP contribution in [0.4, 0.5) is 5.82 Å². The number of primary amides is 1. The summed E-state index contributed by atoms with van der Waals surface area (Å²) in [7, 11) is 1.80. The summed E-state index contributed by atoms with van der Waals surface area (Å²) in [5.74, 6) is 1.59. The summed E-state index contributed by atoms with van der Waals surface area (Å²) in [4.78, 5) is 22.6. The lowest BCUT2D eigenvalue weighted by Crippen LogP contribution is -2.42. The molecule has 0 spiro atoms.